The lowest BCUT2D eigenvalue weighted by molar-refractivity contribution is 0.0797. The van der Waals surface area contributed by atoms with Crippen LogP contribution in [0.2, 0.25) is 0 Å². The van der Waals surface area contributed by atoms with E-state index in [9.17, 15) is 0 Å². The minimum Gasteiger partial charge on any atom is -0.379 e. The maximum Gasteiger partial charge on any atom is 0.222 e. The van der Waals surface area contributed by atoms with Crippen LogP contribution in [0.4, 0.5) is 11.8 Å². The van der Waals surface area contributed by atoms with Gasteiger partial charge in [-0.1, -0.05) is 0 Å². The Labute approximate surface area is 139 Å². The van der Waals surface area contributed by atoms with Crippen molar-refractivity contribution in [2.24, 2.45) is 0 Å². The van der Waals surface area contributed by atoms with E-state index >= 15 is 0 Å². The van der Waals surface area contributed by atoms with Crippen LogP contribution in [0.1, 0.15) is 29.1 Å². The maximum absolute atomic E-state index is 5.89. The number of thiazole rings is 1. The number of nitrogen functional groups attached to an aromatic ring is 1. The molecule has 4 rings (SSSR count). The normalized spacial score (nSPS) is 21.0. The summed E-state index contributed by atoms with van der Waals surface area (Å²) >= 11 is 1.66. The van der Waals surface area contributed by atoms with Gasteiger partial charge in [0.15, 0.2) is 0 Å². The first kappa shape index (κ1) is 14.6. The molecule has 0 amide bonds. The number of rotatable bonds is 2. The number of fused-ring (bicyclic) bond motifs is 1. The molecule has 2 aliphatic heterocycles. The predicted octanol–water partition coefficient (Wildman–Crippen LogP) is 2.36. The fourth-order valence-corrected chi connectivity index (χ4v) is 3.88. The summed E-state index contributed by atoms with van der Waals surface area (Å²) in [7, 11) is 0. The van der Waals surface area contributed by atoms with Crippen LogP contribution in [0, 0.1) is 6.92 Å². The monoisotopic (exact) mass is 329 g/mol. The van der Waals surface area contributed by atoms with Crippen molar-refractivity contribution in [1.29, 1.82) is 0 Å². The van der Waals surface area contributed by atoms with Crippen molar-refractivity contribution >= 4 is 34.8 Å². The van der Waals surface area contributed by atoms with Crippen molar-refractivity contribution in [3.8, 4) is 0 Å². The number of ether oxygens (including phenoxy) is 1. The van der Waals surface area contributed by atoms with Crippen LogP contribution in [0.5, 0.6) is 0 Å². The molecule has 0 spiro atoms. The minimum absolute atomic E-state index is 0.319. The van der Waals surface area contributed by atoms with Crippen LogP contribution >= 0.6 is 11.3 Å². The molecular formula is C16H19N5OS. The lowest BCUT2D eigenvalue weighted by Gasteiger charge is -2.38. The average Bonchev–Trinajstić information content (AvgIpc) is 3.09. The summed E-state index contributed by atoms with van der Waals surface area (Å²) in [5.74, 6) is 1.25. The molecular weight excluding hydrogens is 310 g/mol. The van der Waals surface area contributed by atoms with Gasteiger partial charge in [-0.2, -0.15) is 4.98 Å². The van der Waals surface area contributed by atoms with Crippen molar-refractivity contribution < 1.29 is 4.74 Å². The quantitative estimate of drug-likeness (QED) is 0.911. The minimum atomic E-state index is 0.319. The smallest absolute Gasteiger partial charge is 0.222 e. The molecule has 0 bridgehead atoms. The number of anilines is 2. The number of aryl methyl sites for hydroxylation is 1. The second-order valence-corrected chi connectivity index (χ2v) is 6.80. The highest BCUT2D eigenvalue weighted by molar-refractivity contribution is 7.10. The van der Waals surface area contributed by atoms with Gasteiger partial charge in [-0.15, -0.1) is 11.3 Å². The molecule has 2 N–H and O–H groups in total. The molecule has 4 heterocycles. The van der Waals surface area contributed by atoms with Gasteiger partial charge in [-0.3, -0.25) is 0 Å². The van der Waals surface area contributed by atoms with Gasteiger partial charge in [0.05, 0.1) is 18.3 Å². The third-order valence-corrected chi connectivity index (χ3v) is 5.20. The van der Waals surface area contributed by atoms with Crippen LogP contribution < -0.4 is 10.6 Å². The zero-order valence-electron chi connectivity index (χ0n) is 13.0. The molecule has 0 unspecified atom stereocenters. The Bertz CT molecular complexity index is 737. The van der Waals surface area contributed by atoms with E-state index in [0.717, 1.165) is 54.7 Å². The fraction of sp³-hybridized carbons (Fsp3) is 0.438. The van der Waals surface area contributed by atoms with Gasteiger partial charge < -0.3 is 15.4 Å². The molecule has 7 heteroatoms. The number of hydrogen-bond donors (Lipinski definition) is 1. The lowest BCUT2D eigenvalue weighted by Crippen LogP contribution is -2.44. The molecule has 23 heavy (non-hydrogen) atoms. The molecule has 1 fully saturated rings. The molecule has 0 saturated carbocycles. The third-order valence-electron chi connectivity index (χ3n) is 4.35. The maximum atomic E-state index is 5.89. The van der Waals surface area contributed by atoms with Crippen molar-refractivity contribution in [3.63, 3.8) is 0 Å². The summed E-state index contributed by atoms with van der Waals surface area (Å²) in [5.41, 5.74) is 9.04. The first-order chi connectivity index (χ1) is 11.2. The Morgan fingerprint density at radius 3 is 3.04 bits per heavy atom. The van der Waals surface area contributed by atoms with Gasteiger partial charge in [0.2, 0.25) is 5.95 Å². The number of nitrogens with two attached hydrogens (primary N) is 1. The van der Waals surface area contributed by atoms with Crippen LogP contribution in [0.25, 0.3) is 11.6 Å². The van der Waals surface area contributed by atoms with E-state index in [1.54, 1.807) is 11.3 Å². The molecule has 6 nitrogen and oxygen atoms in total. The van der Waals surface area contributed by atoms with E-state index < -0.39 is 0 Å². The van der Waals surface area contributed by atoms with Gasteiger partial charge >= 0.3 is 0 Å². The summed E-state index contributed by atoms with van der Waals surface area (Å²) in [4.78, 5) is 15.6. The highest BCUT2D eigenvalue weighted by atomic mass is 32.1. The van der Waals surface area contributed by atoms with Crippen LogP contribution in [0.3, 0.4) is 0 Å². The molecule has 2 aromatic rings. The Hall–Kier alpha value is -1.99. The summed E-state index contributed by atoms with van der Waals surface area (Å²) < 4.78 is 5.69. The number of hydrogen-bond acceptors (Lipinski definition) is 7. The zero-order chi connectivity index (χ0) is 15.8. The molecule has 1 saturated heterocycles. The van der Waals surface area contributed by atoms with Gasteiger partial charge in [-0.05, 0) is 25.8 Å². The highest BCUT2D eigenvalue weighted by Crippen LogP contribution is 2.36. The topological polar surface area (TPSA) is 77.2 Å². The van der Waals surface area contributed by atoms with E-state index in [4.69, 9.17) is 10.5 Å². The van der Waals surface area contributed by atoms with E-state index in [-0.39, 0.29) is 0 Å². The van der Waals surface area contributed by atoms with Crippen molar-refractivity contribution in [1.82, 2.24) is 15.0 Å². The molecule has 2 aromatic heterocycles. The number of nitrogens with zero attached hydrogens (tertiary/aromatic N) is 4. The Kier molecular flexibility index (Phi) is 3.74. The lowest BCUT2D eigenvalue weighted by atomic mass is 10.0. The molecule has 2 aliphatic rings. The molecule has 120 valence electrons. The Balaban J connectivity index is 1.80. The van der Waals surface area contributed by atoms with E-state index in [1.807, 2.05) is 18.5 Å². The number of aromatic nitrogens is 3. The van der Waals surface area contributed by atoms with Gasteiger partial charge in [-0.25, -0.2) is 9.97 Å². The molecule has 0 radical (unpaired) electrons. The van der Waals surface area contributed by atoms with Crippen LogP contribution in [0.15, 0.2) is 11.6 Å². The Morgan fingerprint density at radius 2 is 2.30 bits per heavy atom. The average molecular weight is 329 g/mol. The second-order valence-electron chi connectivity index (χ2n) is 5.91. The first-order valence-corrected chi connectivity index (χ1v) is 8.69. The summed E-state index contributed by atoms with van der Waals surface area (Å²) in [6, 6.07) is 0.319. The van der Waals surface area contributed by atoms with E-state index in [1.165, 1.54) is 5.57 Å². The first-order valence-electron chi connectivity index (χ1n) is 7.81. The van der Waals surface area contributed by atoms with E-state index in [0.29, 0.717) is 12.0 Å². The highest BCUT2D eigenvalue weighted by Gasteiger charge is 2.30. The Morgan fingerprint density at radius 1 is 1.39 bits per heavy atom. The summed E-state index contributed by atoms with van der Waals surface area (Å²) in [6.07, 6.45) is 6.18. The van der Waals surface area contributed by atoms with Gasteiger partial charge in [0.25, 0.3) is 0 Å². The molecule has 1 atom stereocenters. The van der Waals surface area contributed by atoms with Crippen molar-refractivity contribution in [2.45, 2.75) is 25.8 Å². The largest absolute Gasteiger partial charge is 0.379 e. The van der Waals surface area contributed by atoms with Crippen molar-refractivity contribution in [2.75, 3.05) is 30.4 Å². The third kappa shape index (κ3) is 2.70. The van der Waals surface area contributed by atoms with Gasteiger partial charge in [0.1, 0.15) is 10.8 Å². The molecule has 0 aromatic carbocycles. The molecule has 0 aliphatic carbocycles. The predicted molar refractivity (Wildman–Crippen MR) is 92.4 cm³/mol. The summed E-state index contributed by atoms with van der Waals surface area (Å²) in [5, 5.41) is 3.06. The zero-order valence-corrected chi connectivity index (χ0v) is 13.8. The van der Waals surface area contributed by atoms with Gasteiger partial charge in [0, 0.05) is 35.9 Å². The van der Waals surface area contributed by atoms with Crippen molar-refractivity contribution in [3.05, 3.63) is 27.8 Å². The van der Waals surface area contributed by atoms with E-state index in [2.05, 4.69) is 25.9 Å². The fourth-order valence-electron chi connectivity index (χ4n) is 3.24. The second kappa shape index (κ2) is 5.90. The van der Waals surface area contributed by atoms with Crippen LogP contribution in [-0.4, -0.2) is 40.8 Å². The standard InChI is InChI=1S/C16H19N5OS/c1-10-13-7-11(15-18-4-6-23-15)8-21(12-3-2-5-22-9-12)14(13)20-16(17)19-10/h4,6-7,12H,2-3,5,8-9H2,1H3,(H2,17,19,20)/t12-/m0/s1. The SMILES string of the molecule is Cc1nc(N)nc2c1C=C(c1nccs1)CN2[C@H]1CCCOC1. The van der Waals surface area contributed by atoms with Crippen LogP contribution in [-0.2, 0) is 4.74 Å². The summed E-state index contributed by atoms with van der Waals surface area (Å²) in [6.45, 7) is 4.34.